The minimum absolute atomic E-state index is 0.108. The van der Waals surface area contributed by atoms with Crippen LogP contribution in [0.2, 0.25) is 0 Å². The summed E-state index contributed by atoms with van der Waals surface area (Å²) in [5.41, 5.74) is 0.617. The molecule has 0 bridgehead atoms. The van der Waals surface area contributed by atoms with E-state index in [4.69, 9.17) is 5.11 Å². The number of hydrogen-bond donors (Lipinski definition) is 1. The summed E-state index contributed by atoms with van der Waals surface area (Å²) < 4.78 is 24.4. The second-order valence-electron chi connectivity index (χ2n) is 3.52. The van der Waals surface area contributed by atoms with Crippen LogP contribution in [0.3, 0.4) is 0 Å². The highest BCUT2D eigenvalue weighted by Gasteiger charge is 2.15. The third kappa shape index (κ3) is 4.89. The lowest BCUT2D eigenvalue weighted by atomic mass is 10.3. The molecule has 4 nitrogen and oxygen atoms in total. The van der Waals surface area contributed by atoms with Gasteiger partial charge in [-0.05, 0) is 13.0 Å². The molecule has 7 heteroatoms. The van der Waals surface area contributed by atoms with E-state index in [0.717, 1.165) is 9.91 Å². The molecule has 0 unspecified atom stereocenters. The number of hydrogen-bond acceptors (Lipinski definition) is 4. The number of aromatic nitrogens is 1. The van der Waals surface area contributed by atoms with E-state index in [-0.39, 0.29) is 13.2 Å². The number of alkyl halides is 2. The third-order valence-corrected chi connectivity index (χ3v) is 2.87. The van der Waals surface area contributed by atoms with E-state index in [1.807, 2.05) is 6.92 Å². The Morgan fingerprint density at radius 2 is 2.39 bits per heavy atom. The first-order valence-corrected chi connectivity index (χ1v) is 6.19. The molecule has 1 rings (SSSR count). The molecule has 1 heterocycles. The highest BCUT2D eigenvalue weighted by molar-refractivity contribution is 7.09. The first-order chi connectivity index (χ1) is 8.52. The van der Waals surface area contributed by atoms with Crippen LogP contribution in [0.4, 0.5) is 8.78 Å². The molecular weight excluding hydrogens is 262 g/mol. The molecule has 0 saturated heterocycles. The lowest BCUT2D eigenvalue weighted by molar-refractivity contribution is -0.128. The number of thiazole rings is 1. The zero-order chi connectivity index (χ0) is 13.5. The van der Waals surface area contributed by atoms with E-state index < -0.39 is 18.9 Å². The number of rotatable bonds is 6. The molecule has 0 aliphatic rings. The molecule has 0 saturated carbocycles. The van der Waals surface area contributed by atoms with Crippen LogP contribution < -0.4 is 0 Å². The quantitative estimate of drug-likeness (QED) is 0.802. The first-order valence-electron chi connectivity index (χ1n) is 5.31. The van der Waals surface area contributed by atoms with Gasteiger partial charge in [0.2, 0.25) is 5.91 Å². The van der Waals surface area contributed by atoms with Crippen molar-refractivity contribution >= 4 is 23.3 Å². The Morgan fingerprint density at radius 1 is 1.67 bits per heavy atom. The Labute approximate surface area is 108 Å². The molecule has 0 spiro atoms. The van der Waals surface area contributed by atoms with Gasteiger partial charge in [-0.1, -0.05) is 0 Å². The third-order valence-electron chi connectivity index (χ3n) is 2.07. The van der Waals surface area contributed by atoms with E-state index in [0.29, 0.717) is 5.69 Å². The van der Waals surface area contributed by atoms with Gasteiger partial charge in [-0.2, -0.15) is 0 Å². The normalized spacial score (nSPS) is 11.4. The summed E-state index contributed by atoms with van der Waals surface area (Å²) in [7, 11) is 0. The second kappa shape index (κ2) is 7.17. The molecule has 18 heavy (non-hydrogen) atoms. The van der Waals surface area contributed by atoms with Gasteiger partial charge in [0, 0.05) is 18.0 Å². The maximum Gasteiger partial charge on any atom is 0.255 e. The number of halogens is 2. The largest absolute Gasteiger partial charge is 0.395 e. The van der Waals surface area contributed by atoms with Crippen molar-refractivity contribution in [3.05, 3.63) is 22.2 Å². The fraction of sp³-hybridized carbons (Fsp3) is 0.455. The predicted octanol–water partition coefficient (Wildman–Crippen LogP) is 1.55. The van der Waals surface area contributed by atoms with Crippen molar-refractivity contribution in [2.24, 2.45) is 0 Å². The van der Waals surface area contributed by atoms with Crippen molar-refractivity contribution in [2.45, 2.75) is 13.3 Å². The maximum atomic E-state index is 12.2. The average molecular weight is 276 g/mol. The Bertz CT molecular complexity index is 421. The van der Waals surface area contributed by atoms with Crippen molar-refractivity contribution in [1.29, 1.82) is 0 Å². The Kier molecular flexibility index (Phi) is 5.87. The highest BCUT2D eigenvalue weighted by Crippen LogP contribution is 2.09. The van der Waals surface area contributed by atoms with Crippen molar-refractivity contribution in [2.75, 3.05) is 19.7 Å². The fourth-order valence-electron chi connectivity index (χ4n) is 1.30. The monoisotopic (exact) mass is 276 g/mol. The lowest BCUT2D eigenvalue weighted by Crippen LogP contribution is -2.36. The van der Waals surface area contributed by atoms with Crippen LogP contribution in [0.25, 0.3) is 6.08 Å². The standard InChI is InChI=1S/C11H14F2N2O2S/c1-8-14-9(7-18-8)2-3-11(17)15(4-5-16)6-10(12)13/h2-3,7,10,16H,4-6H2,1H3/b3-2+. The van der Waals surface area contributed by atoms with Crippen LogP contribution in [0, 0.1) is 6.92 Å². The summed E-state index contributed by atoms with van der Waals surface area (Å²) in [6, 6.07) is 0. The number of aryl methyl sites for hydroxylation is 1. The molecule has 0 aromatic carbocycles. The molecule has 0 fully saturated rings. The van der Waals surface area contributed by atoms with E-state index in [2.05, 4.69) is 4.98 Å². The first kappa shape index (κ1) is 14.7. The van der Waals surface area contributed by atoms with Gasteiger partial charge in [-0.25, -0.2) is 13.8 Å². The maximum absolute atomic E-state index is 12.2. The van der Waals surface area contributed by atoms with Crippen LogP contribution >= 0.6 is 11.3 Å². The predicted molar refractivity (Wildman–Crippen MR) is 65.6 cm³/mol. The SMILES string of the molecule is Cc1nc(/C=C/C(=O)N(CCO)CC(F)F)cs1. The van der Waals surface area contributed by atoms with Crippen LogP contribution in [-0.4, -0.2) is 47.0 Å². The van der Waals surface area contributed by atoms with Crippen LogP contribution in [0.1, 0.15) is 10.7 Å². The van der Waals surface area contributed by atoms with Gasteiger partial charge in [0.15, 0.2) is 0 Å². The van der Waals surface area contributed by atoms with Gasteiger partial charge in [-0.15, -0.1) is 11.3 Å². The molecule has 0 radical (unpaired) electrons. The van der Waals surface area contributed by atoms with Gasteiger partial charge in [0.1, 0.15) is 0 Å². The van der Waals surface area contributed by atoms with Gasteiger partial charge in [0.25, 0.3) is 6.43 Å². The Hall–Kier alpha value is -1.34. The highest BCUT2D eigenvalue weighted by atomic mass is 32.1. The zero-order valence-corrected chi connectivity index (χ0v) is 10.7. The number of amides is 1. The molecule has 100 valence electrons. The minimum atomic E-state index is -2.62. The minimum Gasteiger partial charge on any atom is -0.395 e. The van der Waals surface area contributed by atoms with Gasteiger partial charge in [-0.3, -0.25) is 4.79 Å². The number of aliphatic hydroxyl groups excluding tert-OH is 1. The summed E-state index contributed by atoms with van der Waals surface area (Å²) in [4.78, 5) is 16.6. The molecule has 1 aromatic heterocycles. The molecule has 1 aromatic rings. The molecule has 0 aliphatic carbocycles. The average Bonchev–Trinajstić information content (AvgIpc) is 2.71. The summed E-state index contributed by atoms with van der Waals surface area (Å²) in [6.07, 6.45) is 0.0456. The van der Waals surface area contributed by atoms with Crippen molar-refractivity contribution in [3.8, 4) is 0 Å². The number of carbonyl (C=O) groups excluding carboxylic acids is 1. The van der Waals surface area contributed by atoms with Crippen LogP contribution in [0.5, 0.6) is 0 Å². The number of carbonyl (C=O) groups is 1. The molecule has 0 atom stereocenters. The number of nitrogens with zero attached hydrogens (tertiary/aromatic N) is 2. The van der Waals surface area contributed by atoms with Crippen molar-refractivity contribution in [1.82, 2.24) is 9.88 Å². The van der Waals surface area contributed by atoms with E-state index in [1.54, 1.807) is 5.38 Å². The zero-order valence-electron chi connectivity index (χ0n) is 9.84. The fourth-order valence-corrected chi connectivity index (χ4v) is 1.88. The van der Waals surface area contributed by atoms with Crippen molar-refractivity contribution < 1.29 is 18.7 Å². The van der Waals surface area contributed by atoms with Crippen LogP contribution in [-0.2, 0) is 4.79 Å². The van der Waals surface area contributed by atoms with Crippen molar-refractivity contribution in [3.63, 3.8) is 0 Å². The Morgan fingerprint density at radius 3 is 2.89 bits per heavy atom. The van der Waals surface area contributed by atoms with Crippen LogP contribution in [0.15, 0.2) is 11.5 Å². The molecule has 0 aliphatic heterocycles. The van der Waals surface area contributed by atoms with Gasteiger partial charge >= 0.3 is 0 Å². The van der Waals surface area contributed by atoms with E-state index >= 15 is 0 Å². The number of aliphatic hydroxyl groups is 1. The Balaban J connectivity index is 2.63. The summed E-state index contributed by atoms with van der Waals surface area (Å²) in [5.74, 6) is -0.560. The topological polar surface area (TPSA) is 53.4 Å². The second-order valence-corrected chi connectivity index (χ2v) is 4.59. The smallest absolute Gasteiger partial charge is 0.255 e. The molecule has 1 amide bonds. The summed E-state index contributed by atoms with van der Waals surface area (Å²) in [6.45, 7) is 0.699. The van der Waals surface area contributed by atoms with E-state index in [9.17, 15) is 13.6 Å². The molecular formula is C11H14F2N2O2S. The summed E-state index contributed by atoms with van der Waals surface area (Å²) >= 11 is 1.44. The van der Waals surface area contributed by atoms with Gasteiger partial charge < -0.3 is 10.0 Å². The lowest BCUT2D eigenvalue weighted by Gasteiger charge is -2.19. The van der Waals surface area contributed by atoms with E-state index in [1.165, 1.54) is 23.5 Å². The summed E-state index contributed by atoms with van der Waals surface area (Å²) in [5, 5.41) is 11.3. The van der Waals surface area contributed by atoms with Gasteiger partial charge in [0.05, 0.1) is 23.9 Å². The molecule has 1 N–H and O–H groups in total.